The molecule has 1 fully saturated rings. The average Bonchev–Trinajstić information content (AvgIpc) is 2.35. The predicted molar refractivity (Wildman–Crippen MR) is 74.4 cm³/mol. The maximum absolute atomic E-state index is 11.9. The second kappa shape index (κ2) is 6.56. The number of aromatic nitrogens is 2. The number of carbonyl (C=O) groups excluding carboxylic acids is 1. The van der Waals surface area contributed by atoms with Gasteiger partial charge in [0.1, 0.15) is 12.0 Å². The van der Waals surface area contributed by atoms with Gasteiger partial charge in [0.2, 0.25) is 5.91 Å². The molecule has 0 aliphatic carbocycles. The zero-order chi connectivity index (χ0) is 13.0. The summed E-state index contributed by atoms with van der Waals surface area (Å²) in [5.74, 6) is 1.87. The van der Waals surface area contributed by atoms with E-state index in [2.05, 4.69) is 20.6 Å². The molecule has 0 saturated carbocycles. The normalized spacial score (nSPS) is 19.6. The zero-order valence-electron chi connectivity index (χ0n) is 9.45. The standard InChI is InChI=1S/C10H12Cl2N4OS/c11-9-8(10(12)15-5-14-9)16-7(17)3-6-4-18-2-1-13-6/h5-6,13H,1-4H2,(H,16,17). The Kier molecular flexibility index (Phi) is 5.05. The van der Waals surface area contributed by atoms with E-state index in [4.69, 9.17) is 23.2 Å². The van der Waals surface area contributed by atoms with Crippen molar-refractivity contribution >= 4 is 46.6 Å². The van der Waals surface area contributed by atoms with Crippen LogP contribution in [0.2, 0.25) is 10.3 Å². The number of halogens is 2. The van der Waals surface area contributed by atoms with Gasteiger partial charge in [0.15, 0.2) is 10.3 Å². The van der Waals surface area contributed by atoms with Gasteiger partial charge in [-0.25, -0.2) is 9.97 Å². The van der Waals surface area contributed by atoms with E-state index in [1.165, 1.54) is 6.33 Å². The second-order valence-electron chi connectivity index (χ2n) is 3.81. The van der Waals surface area contributed by atoms with E-state index in [0.29, 0.717) is 6.42 Å². The number of rotatable bonds is 3. The summed E-state index contributed by atoms with van der Waals surface area (Å²) >= 11 is 13.5. The molecule has 1 aromatic heterocycles. The van der Waals surface area contributed by atoms with Crippen LogP contribution in [0.4, 0.5) is 5.69 Å². The van der Waals surface area contributed by atoms with Crippen molar-refractivity contribution in [2.24, 2.45) is 0 Å². The number of thioether (sulfide) groups is 1. The predicted octanol–water partition coefficient (Wildman–Crippen LogP) is 1.82. The van der Waals surface area contributed by atoms with Gasteiger partial charge >= 0.3 is 0 Å². The Hall–Kier alpha value is -0.560. The van der Waals surface area contributed by atoms with Gasteiger partial charge in [-0.3, -0.25) is 4.79 Å². The lowest BCUT2D eigenvalue weighted by Gasteiger charge is -2.22. The van der Waals surface area contributed by atoms with Crippen molar-refractivity contribution in [3.63, 3.8) is 0 Å². The molecule has 0 spiro atoms. The molecule has 18 heavy (non-hydrogen) atoms. The first-order valence-corrected chi connectivity index (χ1v) is 7.35. The fraction of sp³-hybridized carbons (Fsp3) is 0.500. The minimum Gasteiger partial charge on any atom is -0.321 e. The van der Waals surface area contributed by atoms with E-state index in [1.807, 2.05) is 11.8 Å². The molecule has 98 valence electrons. The van der Waals surface area contributed by atoms with Gasteiger partial charge in [-0.2, -0.15) is 11.8 Å². The first-order chi connectivity index (χ1) is 8.66. The van der Waals surface area contributed by atoms with E-state index in [-0.39, 0.29) is 27.9 Å². The third-order valence-corrected chi connectivity index (χ3v) is 4.15. The Bertz CT molecular complexity index is 420. The van der Waals surface area contributed by atoms with Crippen LogP contribution in [0.5, 0.6) is 0 Å². The monoisotopic (exact) mass is 306 g/mol. The molecular weight excluding hydrogens is 295 g/mol. The topological polar surface area (TPSA) is 66.9 Å². The molecule has 1 aromatic rings. The fourth-order valence-corrected chi connectivity index (χ4v) is 2.97. The molecule has 2 N–H and O–H groups in total. The largest absolute Gasteiger partial charge is 0.321 e. The van der Waals surface area contributed by atoms with Gasteiger partial charge in [-0.05, 0) is 0 Å². The molecule has 0 aromatic carbocycles. The zero-order valence-corrected chi connectivity index (χ0v) is 11.8. The van der Waals surface area contributed by atoms with Gasteiger partial charge in [-0.15, -0.1) is 0 Å². The molecule has 5 nitrogen and oxygen atoms in total. The number of amides is 1. The van der Waals surface area contributed by atoms with Crippen molar-refractivity contribution in [3.05, 3.63) is 16.6 Å². The summed E-state index contributed by atoms with van der Waals surface area (Å²) in [4.78, 5) is 19.4. The molecule has 8 heteroatoms. The number of nitrogens with zero attached hydrogens (tertiary/aromatic N) is 2. The number of carbonyl (C=O) groups is 1. The molecule has 1 aliphatic rings. The highest BCUT2D eigenvalue weighted by molar-refractivity contribution is 7.99. The van der Waals surface area contributed by atoms with Crippen LogP contribution in [0.15, 0.2) is 6.33 Å². The number of hydrogen-bond acceptors (Lipinski definition) is 5. The number of hydrogen-bond donors (Lipinski definition) is 2. The summed E-state index contributed by atoms with van der Waals surface area (Å²) in [7, 11) is 0. The third-order valence-electron chi connectivity index (χ3n) is 2.45. The van der Waals surface area contributed by atoms with E-state index in [9.17, 15) is 4.79 Å². The summed E-state index contributed by atoms with van der Waals surface area (Å²) in [6.45, 7) is 0.929. The van der Waals surface area contributed by atoms with Crippen LogP contribution in [-0.4, -0.2) is 40.0 Å². The average molecular weight is 307 g/mol. The smallest absolute Gasteiger partial charge is 0.226 e. The summed E-state index contributed by atoms with van der Waals surface area (Å²) in [5, 5.41) is 6.23. The maximum atomic E-state index is 11.9. The van der Waals surface area contributed by atoms with Crippen molar-refractivity contribution in [1.82, 2.24) is 15.3 Å². The highest BCUT2D eigenvalue weighted by Gasteiger charge is 2.18. The van der Waals surface area contributed by atoms with Crippen LogP contribution in [0.1, 0.15) is 6.42 Å². The lowest BCUT2D eigenvalue weighted by Crippen LogP contribution is -2.40. The first-order valence-electron chi connectivity index (χ1n) is 5.44. The van der Waals surface area contributed by atoms with Crippen LogP contribution < -0.4 is 10.6 Å². The quantitative estimate of drug-likeness (QED) is 0.834. The van der Waals surface area contributed by atoms with Crippen LogP contribution in [0, 0.1) is 0 Å². The third kappa shape index (κ3) is 3.71. The van der Waals surface area contributed by atoms with Gasteiger partial charge in [0.05, 0.1) is 0 Å². The Morgan fingerprint density at radius 1 is 1.50 bits per heavy atom. The van der Waals surface area contributed by atoms with Crippen molar-refractivity contribution < 1.29 is 4.79 Å². The Morgan fingerprint density at radius 2 is 2.22 bits per heavy atom. The fourth-order valence-electron chi connectivity index (χ4n) is 1.61. The highest BCUT2D eigenvalue weighted by Crippen LogP contribution is 2.25. The SMILES string of the molecule is O=C(CC1CSCCN1)Nc1c(Cl)ncnc1Cl. The molecule has 1 amide bonds. The Morgan fingerprint density at radius 3 is 2.83 bits per heavy atom. The highest BCUT2D eigenvalue weighted by atomic mass is 35.5. The summed E-state index contributed by atoms with van der Waals surface area (Å²) in [5.41, 5.74) is 0.272. The van der Waals surface area contributed by atoms with Crippen molar-refractivity contribution in [2.45, 2.75) is 12.5 Å². The van der Waals surface area contributed by atoms with Crippen LogP contribution >= 0.6 is 35.0 Å². The summed E-state index contributed by atoms with van der Waals surface area (Å²) in [6, 6.07) is 0.186. The van der Waals surface area contributed by atoms with E-state index >= 15 is 0 Å². The summed E-state index contributed by atoms with van der Waals surface area (Å²) in [6.07, 6.45) is 1.63. The van der Waals surface area contributed by atoms with Gasteiger partial charge in [-0.1, -0.05) is 23.2 Å². The molecule has 2 rings (SSSR count). The van der Waals surface area contributed by atoms with Gasteiger partial charge in [0.25, 0.3) is 0 Å². The van der Waals surface area contributed by atoms with Crippen LogP contribution in [0.25, 0.3) is 0 Å². The molecule has 1 saturated heterocycles. The molecular formula is C10H12Cl2N4OS. The first kappa shape index (κ1) is 13.9. The van der Waals surface area contributed by atoms with Gasteiger partial charge < -0.3 is 10.6 Å². The molecule has 0 radical (unpaired) electrons. The Labute approximate surface area is 119 Å². The minimum absolute atomic E-state index is 0.145. The van der Waals surface area contributed by atoms with E-state index in [1.54, 1.807) is 0 Å². The lowest BCUT2D eigenvalue weighted by molar-refractivity contribution is -0.116. The second-order valence-corrected chi connectivity index (χ2v) is 5.67. The molecule has 2 heterocycles. The van der Waals surface area contributed by atoms with Crippen LogP contribution in [0.3, 0.4) is 0 Å². The van der Waals surface area contributed by atoms with Gasteiger partial charge in [0, 0.05) is 30.5 Å². The Balaban J connectivity index is 1.94. The van der Waals surface area contributed by atoms with E-state index < -0.39 is 0 Å². The lowest BCUT2D eigenvalue weighted by atomic mass is 10.2. The van der Waals surface area contributed by atoms with Crippen molar-refractivity contribution in [3.8, 4) is 0 Å². The molecule has 1 aliphatic heterocycles. The summed E-state index contributed by atoms with van der Waals surface area (Å²) < 4.78 is 0. The minimum atomic E-state index is -0.145. The molecule has 1 atom stereocenters. The van der Waals surface area contributed by atoms with E-state index in [0.717, 1.165) is 18.1 Å². The molecule has 1 unspecified atom stereocenters. The van der Waals surface area contributed by atoms with Crippen molar-refractivity contribution in [2.75, 3.05) is 23.4 Å². The van der Waals surface area contributed by atoms with Crippen LogP contribution in [-0.2, 0) is 4.79 Å². The number of nitrogens with one attached hydrogen (secondary N) is 2. The number of anilines is 1. The molecule has 0 bridgehead atoms. The van der Waals surface area contributed by atoms with Crippen molar-refractivity contribution in [1.29, 1.82) is 0 Å². The maximum Gasteiger partial charge on any atom is 0.226 e.